The molecule has 0 saturated heterocycles. The Hall–Kier alpha value is -0.570. The third-order valence-corrected chi connectivity index (χ3v) is 3.68. The van der Waals surface area contributed by atoms with E-state index in [1.165, 1.54) is 45.6 Å². The van der Waals surface area contributed by atoms with Crippen LogP contribution in [0.2, 0.25) is 0 Å². The largest absolute Gasteiger partial charge is 0.469 e. The van der Waals surface area contributed by atoms with E-state index in [1.807, 2.05) is 0 Å². The van der Waals surface area contributed by atoms with Crippen molar-refractivity contribution in [1.82, 2.24) is 5.32 Å². The van der Waals surface area contributed by atoms with Gasteiger partial charge in [-0.05, 0) is 31.6 Å². The molecule has 1 N–H and O–H groups in total. The van der Waals surface area contributed by atoms with Crippen molar-refractivity contribution >= 4 is 5.97 Å². The maximum Gasteiger partial charge on any atom is 0.310 e. The number of nitrogens with one attached hydrogen (secondary N) is 1. The number of rotatable bonds is 5. The highest BCUT2D eigenvalue weighted by Gasteiger charge is 2.32. The van der Waals surface area contributed by atoms with E-state index in [-0.39, 0.29) is 11.9 Å². The topological polar surface area (TPSA) is 38.3 Å². The number of hydrogen-bond acceptors (Lipinski definition) is 3. The minimum atomic E-state index is -0.0185. The Morgan fingerprint density at radius 3 is 2.53 bits per heavy atom. The van der Waals surface area contributed by atoms with Crippen LogP contribution in [-0.4, -0.2) is 25.7 Å². The Kier molecular flexibility index (Phi) is 3.62. The van der Waals surface area contributed by atoms with E-state index in [1.54, 1.807) is 0 Å². The van der Waals surface area contributed by atoms with Crippen LogP contribution in [-0.2, 0) is 9.53 Å². The van der Waals surface area contributed by atoms with E-state index in [4.69, 9.17) is 4.74 Å². The fraction of sp³-hybridized carbons (Fsp3) is 0.917. The average molecular weight is 211 g/mol. The lowest BCUT2D eigenvalue weighted by Gasteiger charge is -2.21. The first-order chi connectivity index (χ1) is 7.31. The predicted octanol–water partition coefficient (Wildman–Crippen LogP) is 1.72. The van der Waals surface area contributed by atoms with Gasteiger partial charge < -0.3 is 10.1 Å². The zero-order valence-electron chi connectivity index (χ0n) is 9.50. The number of methoxy groups -OCH3 is 1. The van der Waals surface area contributed by atoms with Crippen LogP contribution in [0.25, 0.3) is 0 Å². The van der Waals surface area contributed by atoms with Crippen LogP contribution in [0.15, 0.2) is 0 Å². The standard InChI is InChI=1S/C12H21NO2/c1-15-12(14)11(8-13-10-6-7-10)9-4-2-3-5-9/h9-11,13H,2-8H2,1H3. The molecule has 3 heteroatoms. The Bertz CT molecular complexity index is 220. The summed E-state index contributed by atoms with van der Waals surface area (Å²) in [5, 5.41) is 3.45. The molecule has 15 heavy (non-hydrogen) atoms. The lowest BCUT2D eigenvalue weighted by atomic mass is 9.91. The van der Waals surface area contributed by atoms with E-state index >= 15 is 0 Å². The number of hydrogen-bond donors (Lipinski definition) is 1. The first-order valence-electron chi connectivity index (χ1n) is 6.12. The second-order valence-electron chi connectivity index (χ2n) is 4.86. The lowest BCUT2D eigenvalue weighted by Crippen LogP contribution is -2.35. The number of ether oxygens (including phenoxy) is 1. The Labute approximate surface area is 91.6 Å². The van der Waals surface area contributed by atoms with E-state index in [0.717, 1.165) is 6.54 Å². The van der Waals surface area contributed by atoms with Gasteiger partial charge in [0.05, 0.1) is 13.0 Å². The summed E-state index contributed by atoms with van der Waals surface area (Å²) in [7, 11) is 1.50. The van der Waals surface area contributed by atoms with Crippen molar-refractivity contribution in [3.05, 3.63) is 0 Å². The molecule has 0 aromatic rings. The van der Waals surface area contributed by atoms with Crippen molar-refractivity contribution < 1.29 is 9.53 Å². The summed E-state index contributed by atoms with van der Waals surface area (Å²) in [5.74, 6) is 0.636. The van der Waals surface area contributed by atoms with Crippen LogP contribution < -0.4 is 5.32 Å². The molecule has 2 fully saturated rings. The summed E-state index contributed by atoms with van der Waals surface area (Å²) in [5.41, 5.74) is 0. The normalized spacial score (nSPS) is 24.1. The van der Waals surface area contributed by atoms with Gasteiger partial charge in [-0.15, -0.1) is 0 Å². The molecule has 0 radical (unpaired) electrons. The minimum Gasteiger partial charge on any atom is -0.469 e. The molecule has 0 bridgehead atoms. The number of esters is 1. The molecule has 0 spiro atoms. The molecule has 1 unspecified atom stereocenters. The summed E-state index contributed by atoms with van der Waals surface area (Å²) in [4.78, 5) is 11.7. The fourth-order valence-corrected chi connectivity index (χ4v) is 2.53. The van der Waals surface area contributed by atoms with Gasteiger partial charge in [0.1, 0.15) is 0 Å². The molecule has 2 aliphatic carbocycles. The minimum absolute atomic E-state index is 0.0185. The lowest BCUT2D eigenvalue weighted by molar-refractivity contribution is -0.147. The van der Waals surface area contributed by atoms with Crippen LogP contribution in [0.5, 0.6) is 0 Å². The maximum atomic E-state index is 11.7. The molecule has 1 atom stereocenters. The molecule has 86 valence electrons. The Balaban J connectivity index is 1.84. The van der Waals surface area contributed by atoms with Gasteiger partial charge in [-0.25, -0.2) is 0 Å². The van der Waals surface area contributed by atoms with Crippen molar-refractivity contribution in [2.45, 2.75) is 44.6 Å². The van der Waals surface area contributed by atoms with Crippen molar-refractivity contribution in [2.24, 2.45) is 11.8 Å². The van der Waals surface area contributed by atoms with Crippen molar-refractivity contribution in [3.8, 4) is 0 Å². The highest BCUT2D eigenvalue weighted by atomic mass is 16.5. The van der Waals surface area contributed by atoms with Gasteiger partial charge in [0, 0.05) is 12.6 Å². The van der Waals surface area contributed by atoms with Crippen LogP contribution in [0.4, 0.5) is 0 Å². The van der Waals surface area contributed by atoms with Gasteiger partial charge >= 0.3 is 5.97 Å². The molecular weight excluding hydrogens is 190 g/mol. The number of carbonyl (C=O) groups excluding carboxylic acids is 1. The summed E-state index contributed by atoms with van der Waals surface area (Å²) < 4.78 is 4.90. The molecule has 2 saturated carbocycles. The molecule has 0 aromatic heterocycles. The van der Waals surface area contributed by atoms with Crippen LogP contribution >= 0.6 is 0 Å². The van der Waals surface area contributed by atoms with Gasteiger partial charge in [0.2, 0.25) is 0 Å². The van der Waals surface area contributed by atoms with Crippen LogP contribution in [0.3, 0.4) is 0 Å². The van der Waals surface area contributed by atoms with Gasteiger partial charge in [-0.3, -0.25) is 4.79 Å². The molecule has 3 nitrogen and oxygen atoms in total. The molecule has 0 amide bonds. The second-order valence-corrected chi connectivity index (χ2v) is 4.86. The summed E-state index contributed by atoms with van der Waals surface area (Å²) in [6, 6.07) is 0.679. The third kappa shape index (κ3) is 2.94. The van der Waals surface area contributed by atoms with E-state index in [2.05, 4.69) is 5.32 Å². The predicted molar refractivity (Wildman–Crippen MR) is 58.5 cm³/mol. The zero-order valence-corrected chi connectivity index (χ0v) is 9.50. The first-order valence-corrected chi connectivity index (χ1v) is 6.12. The molecule has 2 aliphatic rings. The zero-order chi connectivity index (χ0) is 10.7. The van der Waals surface area contributed by atoms with Crippen LogP contribution in [0, 0.1) is 11.8 Å². The maximum absolute atomic E-state index is 11.7. The Morgan fingerprint density at radius 1 is 1.33 bits per heavy atom. The smallest absolute Gasteiger partial charge is 0.310 e. The summed E-state index contributed by atoms with van der Waals surface area (Å²) in [6.45, 7) is 0.821. The van der Waals surface area contributed by atoms with E-state index in [0.29, 0.717) is 12.0 Å². The quantitative estimate of drug-likeness (QED) is 0.704. The monoisotopic (exact) mass is 211 g/mol. The average Bonchev–Trinajstić information content (AvgIpc) is 2.92. The molecular formula is C12H21NO2. The summed E-state index contributed by atoms with van der Waals surface area (Å²) in [6.07, 6.45) is 7.51. The Morgan fingerprint density at radius 2 is 2.00 bits per heavy atom. The SMILES string of the molecule is COC(=O)C(CNC1CC1)C1CCCC1. The highest BCUT2D eigenvalue weighted by molar-refractivity contribution is 5.73. The first kappa shape index (κ1) is 10.9. The van der Waals surface area contributed by atoms with Gasteiger partial charge in [-0.2, -0.15) is 0 Å². The van der Waals surface area contributed by atoms with Gasteiger partial charge in [-0.1, -0.05) is 12.8 Å². The fourth-order valence-electron chi connectivity index (χ4n) is 2.53. The van der Waals surface area contributed by atoms with E-state index < -0.39 is 0 Å². The van der Waals surface area contributed by atoms with Crippen molar-refractivity contribution in [2.75, 3.05) is 13.7 Å². The number of carbonyl (C=O) groups is 1. The van der Waals surface area contributed by atoms with Crippen molar-refractivity contribution in [3.63, 3.8) is 0 Å². The molecule has 0 aliphatic heterocycles. The third-order valence-electron chi connectivity index (χ3n) is 3.68. The molecule has 0 aromatic carbocycles. The second kappa shape index (κ2) is 4.97. The molecule has 0 heterocycles. The van der Waals surface area contributed by atoms with E-state index in [9.17, 15) is 4.79 Å². The molecule has 2 rings (SSSR count). The van der Waals surface area contributed by atoms with Crippen LogP contribution in [0.1, 0.15) is 38.5 Å². The van der Waals surface area contributed by atoms with Crippen molar-refractivity contribution in [1.29, 1.82) is 0 Å². The highest BCUT2D eigenvalue weighted by Crippen LogP contribution is 2.32. The summed E-state index contributed by atoms with van der Waals surface area (Å²) >= 11 is 0. The van der Waals surface area contributed by atoms with Gasteiger partial charge in [0.15, 0.2) is 0 Å². The van der Waals surface area contributed by atoms with Gasteiger partial charge in [0.25, 0.3) is 0 Å².